The first kappa shape index (κ1) is 17.2. The van der Waals surface area contributed by atoms with Crippen molar-refractivity contribution in [3.05, 3.63) is 0 Å². The van der Waals surface area contributed by atoms with E-state index in [1.807, 2.05) is 34.6 Å². The van der Waals surface area contributed by atoms with E-state index in [4.69, 9.17) is 11.6 Å². The van der Waals surface area contributed by atoms with Crippen molar-refractivity contribution < 1.29 is 8.42 Å². The lowest BCUT2D eigenvalue weighted by molar-refractivity contribution is 0.331. The first-order valence-electron chi connectivity index (χ1n) is 6.22. The van der Waals surface area contributed by atoms with Crippen molar-refractivity contribution in [2.24, 2.45) is 17.8 Å². The Morgan fingerprint density at radius 3 is 1.71 bits per heavy atom. The molecule has 0 amide bonds. The summed E-state index contributed by atoms with van der Waals surface area (Å²) in [5, 5.41) is 0. The Morgan fingerprint density at radius 2 is 1.41 bits per heavy atom. The molecule has 0 aromatic heterocycles. The van der Waals surface area contributed by atoms with Gasteiger partial charge in [0.15, 0.2) is 0 Å². The molecule has 0 aliphatic rings. The molecular weight excluding hydrogens is 258 g/mol. The lowest BCUT2D eigenvalue weighted by Gasteiger charge is -2.26. The summed E-state index contributed by atoms with van der Waals surface area (Å²) in [5.74, 6) is 1.22. The Labute approximate surface area is 112 Å². The number of rotatable bonds is 8. The van der Waals surface area contributed by atoms with Gasteiger partial charge in [-0.2, -0.15) is 0 Å². The molecule has 0 bridgehead atoms. The molecule has 17 heavy (non-hydrogen) atoms. The SMILES string of the molecule is CC(C)CN(CC(C)C)S(=O)(=O)CC(C)CCl. The van der Waals surface area contributed by atoms with Crippen molar-refractivity contribution in [3.63, 3.8) is 0 Å². The molecule has 0 aliphatic carbocycles. The lowest BCUT2D eigenvalue weighted by atomic mass is 10.2. The van der Waals surface area contributed by atoms with Gasteiger partial charge in [-0.1, -0.05) is 34.6 Å². The Hall–Kier alpha value is 0.200. The van der Waals surface area contributed by atoms with Crippen LogP contribution in [0.4, 0.5) is 0 Å². The van der Waals surface area contributed by atoms with Crippen LogP contribution in [0.2, 0.25) is 0 Å². The van der Waals surface area contributed by atoms with Crippen LogP contribution in [0.3, 0.4) is 0 Å². The zero-order chi connectivity index (χ0) is 13.6. The fraction of sp³-hybridized carbons (Fsp3) is 1.00. The monoisotopic (exact) mass is 283 g/mol. The van der Waals surface area contributed by atoms with Gasteiger partial charge in [0.1, 0.15) is 0 Å². The number of hydrogen-bond donors (Lipinski definition) is 0. The Morgan fingerprint density at radius 1 is 1.00 bits per heavy atom. The molecule has 104 valence electrons. The normalized spacial score (nSPS) is 14.9. The summed E-state index contributed by atoms with van der Waals surface area (Å²) in [6.45, 7) is 11.2. The van der Waals surface area contributed by atoms with E-state index in [-0.39, 0.29) is 11.7 Å². The fourth-order valence-corrected chi connectivity index (χ4v) is 3.96. The first-order valence-corrected chi connectivity index (χ1v) is 8.37. The van der Waals surface area contributed by atoms with Crippen LogP contribution < -0.4 is 0 Å². The Balaban J connectivity index is 4.76. The molecule has 1 atom stereocenters. The zero-order valence-electron chi connectivity index (χ0n) is 11.6. The molecule has 0 rings (SSSR count). The molecule has 0 N–H and O–H groups in total. The molecule has 0 heterocycles. The minimum absolute atomic E-state index is 0.00323. The predicted molar refractivity (Wildman–Crippen MR) is 74.9 cm³/mol. The van der Waals surface area contributed by atoms with E-state index in [9.17, 15) is 8.42 Å². The summed E-state index contributed by atoms with van der Waals surface area (Å²) in [7, 11) is -3.17. The second-order valence-electron chi connectivity index (χ2n) is 5.64. The second-order valence-corrected chi connectivity index (χ2v) is 7.96. The van der Waals surface area contributed by atoms with Crippen LogP contribution in [-0.2, 0) is 10.0 Å². The third-order valence-electron chi connectivity index (χ3n) is 2.29. The average molecular weight is 284 g/mol. The highest BCUT2D eigenvalue weighted by Gasteiger charge is 2.25. The van der Waals surface area contributed by atoms with Crippen LogP contribution in [-0.4, -0.2) is 37.4 Å². The molecule has 0 saturated heterocycles. The molecule has 0 saturated carbocycles. The molecule has 0 radical (unpaired) electrons. The van der Waals surface area contributed by atoms with Gasteiger partial charge in [0.2, 0.25) is 10.0 Å². The van der Waals surface area contributed by atoms with Crippen LogP contribution in [0.5, 0.6) is 0 Å². The number of nitrogens with zero attached hydrogens (tertiary/aromatic N) is 1. The molecule has 0 fully saturated rings. The van der Waals surface area contributed by atoms with Crippen LogP contribution in [0, 0.1) is 17.8 Å². The van der Waals surface area contributed by atoms with Crippen molar-refractivity contribution in [1.29, 1.82) is 0 Å². The van der Waals surface area contributed by atoms with Gasteiger partial charge in [-0.15, -0.1) is 11.6 Å². The number of halogens is 1. The maximum absolute atomic E-state index is 12.2. The minimum Gasteiger partial charge on any atom is -0.212 e. The van der Waals surface area contributed by atoms with E-state index in [2.05, 4.69) is 0 Å². The van der Waals surface area contributed by atoms with Crippen molar-refractivity contribution in [3.8, 4) is 0 Å². The van der Waals surface area contributed by atoms with Gasteiger partial charge in [0.25, 0.3) is 0 Å². The zero-order valence-corrected chi connectivity index (χ0v) is 13.2. The van der Waals surface area contributed by atoms with Gasteiger partial charge >= 0.3 is 0 Å². The molecule has 1 unspecified atom stereocenters. The molecule has 0 aromatic rings. The van der Waals surface area contributed by atoms with Crippen molar-refractivity contribution in [2.75, 3.05) is 24.7 Å². The maximum atomic E-state index is 12.2. The van der Waals surface area contributed by atoms with E-state index < -0.39 is 10.0 Å². The van der Waals surface area contributed by atoms with Gasteiger partial charge in [-0.3, -0.25) is 0 Å². The minimum atomic E-state index is -3.17. The summed E-state index contributed by atoms with van der Waals surface area (Å²) < 4.78 is 26.1. The van der Waals surface area contributed by atoms with Crippen LogP contribution in [0.15, 0.2) is 0 Å². The summed E-state index contributed by atoms with van der Waals surface area (Å²) in [6, 6.07) is 0. The molecule has 3 nitrogen and oxygen atoms in total. The number of alkyl halides is 1. The smallest absolute Gasteiger partial charge is 0.212 e. The van der Waals surface area contributed by atoms with Gasteiger partial charge in [-0.25, -0.2) is 12.7 Å². The summed E-state index contributed by atoms with van der Waals surface area (Å²) in [5.41, 5.74) is 0. The summed E-state index contributed by atoms with van der Waals surface area (Å²) in [6.07, 6.45) is 0. The van der Waals surface area contributed by atoms with Crippen molar-refractivity contribution in [1.82, 2.24) is 4.31 Å². The van der Waals surface area contributed by atoms with Crippen molar-refractivity contribution in [2.45, 2.75) is 34.6 Å². The maximum Gasteiger partial charge on any atom is 0.214 e. The Kier molecular flexibility index (Phi) is 7.68. The van der Waals surface area contributed by atoms with Gasteiger partial charge in [0, 0.05) is 19.0 Å². The van der Waals surface area contributed by atoms with E-state index >= 15 is 0 Å². The van der Waals surface area contributed by atoms with E-state index in [1.54, 1.807) is 4.31 Å². The first-order chi connectivity index (χ1) is 7.69. The molecule has 0 aromatic carbocycles. The van der Waals surface area contributed by atoms with Crippen molar-refractivity contribution >= 4 is 21.6 Å². The predicted octanol–water partition coefficient (Wildman–Crippen LogP) is 2.81. The second kappa shape index (κ2) is 7.59. The lowest BCUT2D eigenvalue weighted by Crippen LogP contribution is -2.39. The molecule has 5 heteroatoms. The van der Waals surface area contributed by atoms with Crippen LogP contribution >= 0.6 is 11.6 Å². The highest BCUT2D eigenvalue weighted by atomic mass is 35.5. The third kappa shape index (κ3) is 7.27. The fourth-order valence-electron chi connectivity index (χ4n) is 1.63. The largest absolute Gasteiger partial charge is 0.214 e. The Bertz CT molecular complexity index is 292. The number of hydrogen-bond acceptors (Lipinski definition) is 2. The van der Waals surface area contributed by atoms with Crippen LogP contribution in [0.1, 0.15) is 34.6 Å². The van der Waals surface area contributed by atoms with Gasteiger partial charge in [0.05, 0.1) is 5.75 Å². The third-order valence-corrected chi connectivity index (χ3v) is 4.89. The average Bonchev–Trinajstić information content (AvgIpc) is 2.14. The molecule has 0 spiro atoms. The molecule has 0 aliphatic heterocycles. The summed E-state index contributed by atoms with van der Waals surface area (Å²) in [4.78, 5) is 0. The van der Waals surface area contributed by atoms with E-state index in [1.165, 1.54) is 0 Å². The highest BCUT2D eigenvalue weighted by Crippen LogP contribution is 2.13. The van der Waals surface area contributed by atoms with Crippen LogP contribution in [0.25, 0.3) is 0 Å². The quantitative estimate of drug-likeness (QED) is 0.643. The van der Waals surface area contributed by atoms with Gasteiger partial charge in [-0.05, 0) is 17.8 Å². The van der Waals surface area contributed by atoms with Gasteiger partial charge < -0.3 is 0 Å². The molecular formula is C12H26ClNO2S. The highest BCUT2D eigenvalue weighted by molar-refractivity contribution is 7.89. The standard InChI is InChI=1S/C12H26ClNO2S/c1-10(2)7-14(8-11(3)4)17(15,16)9-12(5)6-13/h10-12H,6-9H2,1-5H3. The van der Waals surface area contributed by atoms with E-state index in [0.717, 1.165) is 0 Å². The summed E-state index contributed by atoms with van der Waals surface area (Å²) >= 11 is 5.69. The van der Waals surface area contributed by atoms with E-state index in [0.29, 0.717) is 30.8 Å². The number of sulfonamides is 1. The topological polar surface area (TPSA) is 37.4 Å².